The Morgan fingerprint density at radius 1 is 1.27 bits per heavy atom. The van der Waals surface area contributed by atoms with Crippen LogP contribution in [0.25, 0.3) is 6.08 Å². The van der Waals surface area contributed by atoms with Gasteiger partial charge >= 0.3 is 0 Å². The third kappa shape index (κ3) is 2.56. The molecule has 0 spiro atoms. The summed E-state index contributed by atoms with van der Waals surface area (Å²) in [7, 11) is 0. The van der Waals surface area contributed by atoms with E-state index in [1.807, 2.05) is 13.0 Å². The molecular formula is C24H32O2. The Morgan fingerprint density at radius 2 is 2.08 bits per heavy atom. The Balaban J connectivity index is 1.75. The fourth-order valence-corrected chi connectivity index (χ4v) is 6.43. The van der Waals surface area contributed by atoms with E-state index in [1.165, 1.54) is 17.5 Å². The lowest BCUT2D eigenvalue weighted by atomic mass is 9.65. The molecule has 0 heterocycles. The highest BCUT2D eigenvalue weighted by molar-refractivity contribution is 5.87. The monoisotopic (exact) mass is 352 g/mol. The van der Waals surface area contributed by atoms with E-state index < -0.39 is 0 Å². The molecule has 0 amide bonds. The van der Waals surface area contributed by atoms with Crippen molar-refractivity contribution >= 4 is 11.9 Å². The summed E-state index contributed by atoms with van der Waals surface area (Å²) in [5.41, 5.74) is 3.99. The van der Waals surface area contributed by atoms with Crippen molar-refractivity contribution < 1.29 is 9.53 Å². The third-order valence-corrected chi connectivity index (χ3v) is 7.88. The summed E-state index contributed by atoms with van der Waals surface area (Å²) in [6.07, 6.45) is 8.41. The van der Waals surface area contributed by atoms with Crippen molar-refractivity contribution in [3.63, 3.8) is 0 Å². The normalized spacial score (nSPS) is 35.9. The van der Waals surface area contributed by atoms with E-state index in [4.69, 9.17) is 4.74 Å². The minimum absolute atomic E-state index is 0.0826. The van der Waals surface area contributed by atoms with Crippen molar-refractivity contribution in [1.82, 2.24) is 0 Å². The van der Waals surface area contributed by atoms with Crippen LogP contribution in [0.15, 0.2) is 18.7 Å². The fraction of sp³-hybridized carbons (Fsp3) is 0.625. The van der Waals surface area contributed by atoms with Gasteiger partial charge in [-0.25, -0.2) is 0 Å². The number of carbonyl (C=O) groups is 1. The predicted octanol–water partition coefficient (Wildman–Crippen LogP) is 5.79. The van der Waals surface area contributed by atoms with E-state index in [9.17, 15) is 4.79 Å². The van der Waals surface area contributed by atoms with Crippen molar-refractivity contribution in [2.75, 3.05) is 6.61 Å². The molecule has 2 saturated carbocycles. The van der Waals surface area contributed by atoms with Crippen molar-refractivity contribution in [1.29, 1.82) is 0 Å². The fourth-order valence-electron chi connectivity index (χ4n) is 6.43. The predicted molar refractivity (Wildman–Crippen MR) is 106 cm³/mol. The lowest BCUT2D eigenvalue weighted by molar-refractivity contribution is -0.127. The van der Waals surface area contributed by atoms with Gasteiger partial charge in [0, 0.05) is 17.4 Å². The molecule has 4 rings (SSSR count). The first-order chi connectivity index (χ1) is 12.5. The molecule has 0 bridgehead atoms. The van der Waals surface area contributed by atoms with Crippen LogP contribution < -0.4 is 4.74 Å². The largest absolute Gasteiger partial charge is 0.493 e. The average Bonchev–Trinajstić information content (AvgIpc) is 2.87. The summed E-state index contributed by atoms with van der Waals surface area (Å²) in [5.74, 6) is 3.96. The molecule has 0 radical (unpaired) electrons. The molecule has 2 fully saturated rings. The van der Waals surface area contributed by atoms with E-state index >= 15 is 0 Å². The lowest BCUT2D eigenvalue weighted by Crippen LogP contribution is -2.34. The van der Waals surface area contributed by atoms with E-state index in [0.717, 1.165) is 43.4 Å². The van der Waals surface area contributed by atoms with Gasteiger partial charge in [0.25, 0.3) is 0 Å². The van der Waals surface area contributed by atoms with Crippen LogP contribution >= 0.6 is 0 Å². The number of aryl methyl sites for hydroxylation is 1. The number of carbonyl (C=O) groups excluding carboxylic acids is 1. The number of hydrogen-bond acceptors (Lipinski definition) is 2. The van der Waals surface area contributed by atoms with E-state index in [-0.39, 0.29) is 5.41 Å². The minimum Gasteiger partial charge on any atom is -0.493 e. The van der Waals surface area contributed by atoms with Crippen LogP contribution in [-0.2, 0) is 11.2 Å². The molecule has 5 atom stereocenters. The summed E-state index contributed by atoms with van der Waals surface area (Å²) in [5, 5.41) is 0. The maximum absolute atomic E-state index is 12.7. The molecule has 2 nitrogen and oxygen atoms in total. The molecular weight excluding hydrogens is 320 g/mol. The maximum Gasteiger partial charge on any atom is 0.139 e. The smallest absolute Gasteiger partial charge is 0.139 e. The number of rotatable bonds is 3. The Kier molecular flexibility index (Phi) is 4.49. The van der Waals surface area contributed by atoms with Crippen molar-refractivity contribution in [3.05, 3.63) is 35.4 Å². The molecule has 3 aliphatic rings. The number of benzene rings is 1. The lowest BCUT2D eigenvalue weighted by Gasteiger charge is -2.39. The van der Waals surface area contributed by atoms with Crippen LogP contribution in [0.3, 0.4) is 0 Å². The first-order valence-corrected chi connectivity index (χ1v) is 10.4. The maximum atomic E-state index is 12.7. The van der Waals surface area contributed by atoms with E-state index in [2.05, 4.69) is 32.6 Å². The summed E-state index contributed by atoms with van der Waals surface area (Å²) in [6.45, 7) is 11.4. The summed E-state index contributed by atoms with van der Waals surface area (Å²) in [6, 6.07) is 4.59. The van der Waals surface area contributed by atoms with Crippen LogP contribution in [0, 0.1) is 23.2 Å². The van der Waals surface area contributed by atoms with Crippen molar-refractivity contribution in [2.24, 2.45) is 23.2 Å². The summed E-state index contributed by atoms with van der Waals surface area (Å²) < 4.78 is 5.92. The first-order valence-electron chi connectivity index (χ1n) is 10.4. The highest BCUT2D eigenvalue weighted by Gasteiger charge is 2.53. The first kappa shape index (κ1) is 17.8. The number of hydrogen-bond donors (Lipinski definition) is 0. The zero-order valence-corrected chi connectivity index (χ0v) is 16.5. The van der Waals surface area contributed by atoms with Gasteiger partial charge in [0.05, 0.1) is 6.61 Å². The molecule has 0 N–H and O–H groups in total. The van der Waals surface area contributed by atoms with Crippen LogP contribution in [0.4, 0.5) is 0 Å². The number of Topliss-reactive ketones (excluding diaryl/α,β-unsaturated/α-hetero) is 1. The highest BCUT2D eigenvalue weighted by atomic mass is 16.5. The van der Waals surface area contributed by atoms with Gasteiger partial charge in [-0.1, -0.05) is 26.5 Å². The number of ether oxygens (including phenoxy) is 1. The Hall–Kier alpha value is -1.57. The number of ketones is 1. The van der Waals surface area contributed by atoms with Crippen LogP contribution in [0.5, 0.6) is 5.75 Å². The molecule has 0 saturated heterocycles. The quantitative estimate of drug-likeness (QED) is 0.688. The molecule has 3 aliphatic carbocycles. The molecule has 0 aliphatic heterocycles. The van der Waals surface area contributed by atoms with Gasteiger partial charge in [-0.3, -0.25) is 4.79 Å². The SMILES string of the molecule is C=Cc1cc2c(cc1OCC)C1CC[C@]3(C)C(=O)CCC3[C@H](C)C1CC2. The van der Waals surface area contributed by atoms with E-state index in [0.29, 0.717) is 36.1 Å². The molecule has 140 valence electrons. The van der Waals surface area contributed by atoms with Crippen molar-refractivity contribution in [3.8, 4) is 5.75 Å². The van der Waals surface area contributed by atoms with E-state index in [1.54, 1.807) is 0 Å². The zero-order valence-electron chi connectivity index (χ0n) is 16.5. The topological polar surface area (TPSA) is 26.3 Å². The van der Waals surface area contributed by atoms with Crippen LogP contribution in [0.1, 0.15) is 75.5 Å². The van der Waals surface area contributed by atoms with Gasteiger partial charge in [-0.2, -0.15) is 0 Å². The second kappa shape index (κ2) is 6.55. The zero-order chi connectivity index (χ0) is 18.5. The number of fused-ring (bicyclic) bond motifs is 4. The van der Waals surface area contributed by atoms with Gasteiger partial charge in [-0.05, 0) is 86.0 Å². The summed E-state index contributed by atoms with van der Waals surface area (Å²) in [4.78, 5) is 12.7. The Labute approximate surface area is 158 Å². The standard InChI is InChI=1S/C24H32O2/c1-5-16-13-17-7-8-18-15(3)21-9-10-23(25)24(21,4)12-11-19(18)20(17)14-22(16)26-6-2/h5,13-15,18-19,21H,1,6-12H2,2-4H3/t15-,18?,19?,21?,24+/m1/s1. The Morgan fingerprint density at radius 3 is 2.81 bits per heavy atom. The Bertz CT molecular complexity index is 734. The van der Waals surface area contributed by atoms with Gasteiger partial charge in [-0.15, -0.1) is 0 Å². The molecule has 26 heavy (non-hydrogen) atoms. The van der Waals surface area contributed by atoms with Gasteiger partial charge in [0.15, 0.2) is 0 Å². The minimum atomic E-state index is -0.0826. The molecule has 1 aromatic carbocycles. The van der Waals surface area contributed by atoms with Gasteiger partial charge < -0.3 is 4.74 Å². The molecule has 0 aromatic heterocycles. The molecule has 3 unspecified atom stereocenters. The third-order valence-electron chi connectivity index (χ3n) is 7.88. The summed E-state index contributed by atoms with van der Waals surface area (Å²) >= 11 is 0. The van der Waals surface area contributed by atoms with Gasteiger partial charge in [0.1, 0.15) is 11.5 Å². The molecule has 1 aromatic rings. The van der Waals surface area contributed by atoms with Crippen LogP contribution in [0.2, 0.25) is 0 Å². The van der Waals surface area contributed by atoms with Crippen molar-refractivity contribution in [2.45, 2.75) is 65.2 Å². The average molecular weight is 353 g/mol. The second-order valence-electron chi connectivity index (χ2n) is 8.92. The second-order valence-corrected chi connectivity index (χ2v) is 8.92. The molecule has 2 heteroatoms. The van der Waals surface area contributed by atoms with Gasteiger partial charge in [0.2, 0.25) is 0 Å². The highest BCUT2D eigenvalue weighted by Crippen LogP contribution is 2.58. The van der Waals surface area contributed by atoms with Crippen LogP contribution in [-0.4, -0.2) is 12.4 Å².